The maximum Gasteiger partial charge on any atom is 0.323 e. The van der Waals surface area contributed by atoms with E-state index in [0.717, 1.165) is 11.1 Å². The molecule has 0 fully saturated rings. The number of esters is 1. The molecule has 0 bridgehead atoms. The highest BCUT2D eigenvalue weighted by Crippen LogP contribution is 2.22. The van der Waals surface area contributed by atoms with E-state index >= 15 is 0 Å². The van der Waals surface area contributed by atoms with Gasteiger partial charge in [-0.1, -0.05) is 62.1 Å². The van der Waals surface area contributed by atoms with Crippen LogP contribution < -0.4 is 10.6 Å². The second-order valence-electron chi connectivity index (χ2n) is 8.79. The molecule has 0 aromatic heterocycles. The number of methoxy groups -OCH3 is 1. The van der Waals surface area contributed by atoms with Crippen LogP contribution in [0.1, 0.15) is 57.4 Å². The molecule has 0 aliphatic carbocycles. The lowest BCUT2D eigenvalue weighted by Crippen LogP contribution is -2.51. The number of benzene rings is 2. The molecule has 0 aliphatic rings. The van der Waals surface area contributed by atoms with Gasteiger partial charge < -0.3 is 10.1 Å². The van der Waals surface area contributed by atoms with Crippen LogP contribution in [0.25, 0.3) is 0 Å². The molecule has 0 radical (unpaired) electrons. The van der Waals surface area contributed by atoms with Crippen molar-refractivity contribution in [2.75, 3.05) is 7.11 Å². The van der Waals surface area contributed by atoms with E-state index in [2.05, 4.69) is 22.5 Å². The zero-order valence-electron chi connectivity index (χ0n) is 19.2. The number of hydrogen-bond acceptors (Lipinski definition) is 4. The minimum atomic E-state index is -0.771. The molecule has 2 rings (SSSR count). The Hall–Kier alpha value is -3.10. The van der Waals surface area contributed by atoms with Crippen molar-refractivity contribution in [2.24, 2.45) is 5.92 Å². The molecule has 0 saturated heterocycles. The number of ether oxygens (including phenoxy) is 1. The van der Waals surface area contributed by atoms with E-state index in [-0.39, 0.29) is 11.8 Å². The summed E-state index contributed by atoms with van der Waals surface area (Å²) < 4.78 is 4.97. The van der Waals surface area contributed by atoms with Crippen LogP contribution in [0.3, 0.4) is 0 Å². The van der Waals surface area contributed by atoms with Gasteiger partial charge in [-0.2, -0.15) is 0 Å². The van der Waals surface area contributed by atoms with Gasteiger partial charge >= 0.3 is 5.97 Å². The molecular weight excluding hydrogens is 388 g/mol. The fraction of sp³-hybridized carbons (Fsp3) is 0.385. The summed E-state index contributed by atoms with van der Waals surface area (Å²) in [5.74, 6) is 5.64. The van der Waals surface area contributed by atoms with Crippen LogP contribution >= 0.6 is 0 Å². The van der Waals surface area contributed by atoms with Crippen LogP contribution in [0.2, 0.25) is 0 Å². The quantitative estimate of drug-likeness (QED) is 0.551. The van der Waals surface area contributed by atoms with E-state index in [1.54, 1.807) is 0 Å². The second kappa shape index (κ2) is 10.8. The normalized spacial score (nSPS) is 13.0. The predicted molar refractivity (Wildman–Crippen MR) is 123 cm³/mol. The van der Waals surface area contributed by atoms with Crippen LogP contribution in [-0.2, 0) is 14.3 Å². The second-order valence-corrected chi connectivity index (χ2v) is 8.79. The molecule has 2 N–H and O–H groups in total. The smallest absolute Gasteiger partial charge is 0.323 e. The van der Waals surface area contributed by atoms with Crippen LogP contribution in [0.4, 0.5) is 0 Å². The van der Waals surface area contributed by atoms with Crippen LogP contribution in [0.5, 0.6) is 0 Å². The fourth-order valence-electron chi connectivity index (χ4n) is 3.11. The van der Waals surface area contributed by atoms with Gasteiger partial charge in [0.1, 0.15) is 12.1 Å². The summed E-state index contributed by atoms with van der Waals surface area (Å²) in [5, 5.41) is 6.25. The number of nitrogens with one attached hydrogen (secondary N) is 2. The van der Waals surface area contributed by atoms with Crippen molar-refractivity contribution >= 4 is 11.9 Å². The summed E-state index contributed by atoms with van der Waals surface area (Å²) in [5.41, 5.74) is 1.89. The topological polar surface area (TPSA) is 67.4 Å². The molecule has 0 aliphatic heterocycles. The third-order valence-electron chi connectivity index (χ3n) is 4.62. The van der Waals surface area contributed by atoms with Gasteiger partial charge in [0.2, 0.25) is 5.91 Å². The Balaban J connectivity index is 2.50. The van der Waals surface area contributed by atoms with Crippen LogP contribution in [0.15, 0.2) is 54.6 Å². The van der Waals surface area contributed by atoms with Crippen LogP contribution in [0, 0.1) is 17.8 Å². The average molecular weight is 421 g/mol. The van der Waals surface area contributed by atoms with Gasteiger partial charge in [0.15, 0.2) is 0 Å². The minimum Gasteiger partial charge on any atom is -0.468 e. The number of carbonyl (C=O) groups excluding carboxylic acids is 2. The lowest BCUT2D eigenvalue weighted by molar-refractivity contribution is -0.144. The lowest BCUT2D eigenvalue weighted by atomic mass is 9.95. The molecule has 2 aromatic rings. The molecule has 1 amide bonds. The van der Waals surface area contributed by atoms with Gasteiger partial charge in [0, 0.05) is 16.7 Å². The predicted octanol–water partition coefficient (Wildman–Crippen LogP) is 3.83. The molecule has 2 atom stereocenters. The molecular formula is C26H32N2O3. The summed E-state index contributed by atoms with van der Waals surface area (Å²) >= 11 is 0. The molecule has 164 valence electrons. The van der Waals surface area contributed by atoms with Crippen molar-refractivity contribution in [3.05, 3.63) is 71.3 Å². The Kier molecular flexibility index (Phi) is 8.41. The van der Waals surface area contributed by atoms with Crippen molar-refractivity contribution in [3.63, 3.8) is 0 Å². The molecule has 1 unspecified atom stereocenters. The molecule has 0 heterocycles. The van der Waals surface area contributed by atoms with E-state index in [1.807, 2.05) is 89.2 Å². The van der Waals surface area contributed by atoms with Crippen molar-refractivity contribution in [1.29, 1.82) is 0 Å². The largest absolute Gasteiger partial charge is 0.468 e. The van der Waals surface area contributed by atoms with Gasteiger partial charge in [-0.15, -0.1) is 0 Å². The first-order chi connectivity index (χ1) is 14.6. The Labute approximate surface area is 185 Å². The fourth-order valence-corrected chi connectivity index (χ4v) is 3.11. The summed E-state index contributed by atoms with van der Waals surface area (Å²) in [6, 6.07) is 15.8. The summed E-state index contributed by atoms with van der Waals surface area (Å²) in [6.07, 6.45) is 0. The molecule has 5 heteroatoms. The minimum absolute atomic E-state index is 0.0695. The Morgan fingerprint density at radius 2 is 1.55 bits per heavy atom. The highest BCUT2D eigenvalue weighted by Gasteiger charge is 2.32. The number of amides is 1. The van der Waals surface area contributed by atoms with E-state index in [9.17, 15) is 9.59 Å². The Bertz CT molecular complexity index is 950. The van der Waals surface area contributed by atoms with Gasteiger partial charge in [-0.25, -0.2) is 0 Å². The average Bonchev–Trinajstić information content (AvgIpc) is 2.72. The standard InChI is InChI=1S/C26H32N2O3/c1-18(2)22(25(30)31-6)27-23(24(29)28-26(3,4)5)21-15-11-10-14-20(21)17-16-19-12-8-7-9-13-19/h7-15,18,22-23,27H,1-6H3,(H,28,29)/t22-,23?/m0/s1. The maximum absolute atomic E-state index is 13.3. The first-order valence-corrected chi connectivity index (χ1v) is 10.4. The Morgan fingerprint density at radius 3 is 2.13 bits per heavy atom. The third-order valence-corrected chi connectivity index (χ3v) is 4.62. The summed E-state index contributed by atoms with van der Waals surface area (Å²) in [4.78, 5) is 25.7. The van der Waals surface area contributed by atoms with Crippen molar-refractivity contribution in [1.82, 2.24) is 10.6 Å². The number of carbonyl (C=O) groups is 2. The van der Waals surface area contributed by atoms with E-state index < -0.39 is 23.6 Å². The SMILES string of the molecule is COC(=O)[C@@H](NC(C(=O)NC(C)(C)C)c1ccccc1C#Cc1ccccc1)C(C)C. The first-order valence-electron chi connectivity index (χ1n) is 10.4. The molecule has 2 aromatic carbocycles. The molecule has 5 nitrogen and oxygen atoms in total. The monoisotopic (exact) mass is 420 g/mol. The zero-order chi connectivity index (χ0) is 23.0. The lowest BCUT2D eigenvalue weighted by Gasteiger charge is -2.30. The number of hydrogen-bond donors (Lipinski definition) is 2. The van der Waals surface area contributed by atoms with Crippen LogP contribution in [-0.4, -0.2) is 30.6 Å². The zero-order valence-corrected chi connectivity index (χ0v) is 19.2. The van der Waals surface area contributed by atoms with E-state index in [1.165, 1.54) is 7.11 Å². The number of rotatable bonds is 6. The molecule has 0 spiro atoms. The molecule has 0 saturated carbocycles. The summed E-state index contributed by atoms with van der Waals surface area (Å²) in [7, 11) is 1.35. The van der Waals surface area contributed by atoms with Gasteiger partial charge in [-0.05, 0) is 50.5 Å². The van der Waals surface area contributed by atoms with E-state index in [4.69, 9.17) is 4.74 Å². The third kappa shape index (κ3) is 7.27. The van der Waals surface area contributed by atoms with Crippen molar-refractivity contribution in [3.8, 4) is 11.8 Å². The van der Waals surface area contributed by atoms with Crippen molar-refractivity contribution < 1.29 is 14.3 Å². The van der Waals surface area contributed by atoms with Gasteiger partial charge in [0.25, 0.3) is 0 Å². The maximum atomic E-state index is 13.3. The summed E-state index contributed by atoms with van der Waals surface area (Å²) in [6.45, 7) is 9.58. The van der Waals surface area contributed by atoms with Crippen molar-refractivity contribution in [2.45, 2.75) is 52.2 Å². The first kappa shape index (κ1) is 24.2. The van der Waals surface area contributed by atoms with Gasteiger partial charge in [0.05, 0.1) is 7.11 Å². The van der Waals surface area contributed by atoms with Gasteiger partial charge in [-0.3, -0.25) is 14.9 Å². The van der Waals surface area contributed by atoms with E-state index in [0.29, 0.717) is 5.56 Å². The Morgan fingerprint density at radius 1 is 0.935 bits per heavy atom. The highest BCUT2D eigenvalue weighted by molar-refractivity contribution is 5.86. The highest BCUT2D eigenvalue weighted by atomic mass is 16.5. The molecule has 31 heavy (non-hydrogen) atoms.